The van der Waals surface area contributed by atoms with Crippen molar-refractivity contribution in [1.82, 2.24) is 15.6 Å². The summed E-state index contributed by atoms with van der Waals surface area (Å²) in [7, 11) is 3.44. The highest BCUT2D eigenvalue weighted by Gasteiger charge is 2.17. The van der Waals surface area contributed by atoms with Crippen molar-refractivity contribution in [1.29, 1.82) is 0 Å². The Morgan fingerprint density at radius 1 is 1.24 bits per heavy atom. The zero-order valence-electron chi connectivity index (χ0n) is 15.4. The van der Waals surface area contributed by atoms with Gasteiger partial charge in [-0.25, -0.2) is 4.98 Å². The van der Waals surface area contributed by atoms with Crippen molar-refractivity contribution in [3.8, 4) is 5.75 Å². The average molecular weight is 474 g/mol. The summed E-state index contributed by atoms with van der Waals surface area (Å²) in [6.45, 7) is 7.87. The van der Waals surface area contributed by atoms with Crippen LogP contribution in [-0.4, -0.2) is 25.1 Å². The lowest BCUT2D eigenvalue weighted by atomic mass is 9.98. The highest BCUT2D eigenvalue weighted by Crippen LogP contribution is 2.25. The Kier molecular flexibility index (Phi) is 8.64. The Labute approximate surface area is 171 Å². The predicted molar refractivity (Wildman–Crippen MR) is 116 cm³/mol. The first-order valence-corrected chi connectivity index (χ1v) is 8.82. The summed E-state index contributed by atoms with van der Waals surface area (Å²) in [6, 6.07) is 7.98. The summed E-state index contributed by atoms with van der Waals surface area (Å²) in [5, 5.41) is 9.86. The molecule has 1 aromatic heterocycles. The maximum Gasteiger partial charge on any atom is 0.191 e. The summed E-state index contributed by atoms with van der Waals surface area (Å²) in [4.78, 5) is 8.94. The van der Waals surface area contributed by atoms with Crippen molar-refractivity contribution in [3.05, 3.63) is 45.9 Å². The van der Waals surface area contributed by atoms with E-state index < -0.39 is 0 Å². The number of aliphatic imine (C=N–C) groups is 1. The Bertz CT molecular complexity index is 694. The van der Waals surface area contributed by atoms with Gasteiger partial charge in [0.2, 0.25) is 0 Å². The number of ether oxygens (including phenoxy) is 1. The quantitative estimate of drug-likeness (QED) is 0.392. The molecule has 2 rings (SSSR count). The standard InChI is InChI=1S/C18H26N4OS.HI/c1-18(2,3)16-22-14(12-24-16)11-21-17(19-4)20-10-13-7-6-8-15(9-13)23-5;/h6-9,12H,10-11H2,1-5H3,(H2,19,20,21);1H. The zero-order chi connectivity index (χ0) is 17.6. The summed E-state index contributed by atoms with van der Waals surface area (Å²) >= 11 is 1.70. The fourth-order valence-corrected chi connectivity index (χ4v) is 3.00. The third-order valence-corrected chi connectivity index (χ3v) is 4.76. The molecule has 5 nitrogen and oxygen atoms in total. The maximum absolute atomic E-state index is 5.24. The molecule has 2 aromatic rings. The molecule has 1 aromatic carbocycles. The molecule has 0 radical (unpaired) electrons. The minimum Gasteiger partial charge on any atom is -0.497 e. The topological polar surface area (TPSA) is 58.5 Å². The van der Waals surface area contributed by atoms with Crippen LogP contribution in [-0.2, 0) is 18.5 Å². The van der Waals surface area contributed by atoms with Crippen LogP contribution in [0.1, 0.15) is 37.0 Å². The van der Waals surface area contributed by atoms with E-state index >= 15 is 0 Å². The van der Waals surface area contributed by atoms with Crippen LogP contribution in [0.25, 0.3) is 0 Å². The first-order valence-electron chi connectivity index (χ1n) is 7.94. The van der Waals surface area contributed by atoms with E-state index in [0.717, 1.165) is 28.0 Å². The van der Waals surface area contributed by atoms with Gasteiger partial charge in [0.25, 0.3) is 0 Å². The van der Waals surface area contributed by atoms with Gasteiger partial charge in [-0.05, 0) is 17.7 Å². The van der Waals surface area contributed by atoms with Crippen molar-refractivity contribution in [3.63, 3.8) is 0 Å². The highest BCUT2D eigenvalue weighted by molar-refractivity contribution is 14.0. The first-order chi connectivity index (χ1) is 11.4. The number of guanidine groups is 1. The van der Waals surface area contributed by atoms with Gasteiger partial charge in [-0.15, -0.1) is 35.3 Å². The van der Waals surface area contributed by atoms with E-state index in [9.17, 15) is 0 Å². The third-order valence-electron chi connectivity index (χ3n) is 3.45. The molecule has 0 fully saturated rings. The summed E-state index contributed by atoms with van der Waals surface area (Å²) in [6.07, 6.45) is 0. The van der Waals surface area contributed by atoms with E-state index in [-0.39, 0.29) is 29.4 Å². The lowest BCUT2D eigenvalue weighted by molar-refractivity contribution is 0.414. The van der Waals surface area contributed by atoms with Crippen LogP contribution in [0.15, 0.2) is 34.6 Å². The Hall–Kier alpha value is -1.35. The molecule has 7 heteroatoms. The van der Waals surface area contributed by atoms with Gasteiger partial charge >= 0.3 is 0 Å². The molecule has 25 heavy (non-hydrogen) atoms. The second kappa shape index (κ2) is 9.96. The van der Waals surface area contributed by atoms with Gasteiger partial charge < -0.3 is 15.4 Å². The van der Waals surface area contributed by atoms with Crippen LogP contribution in [0.5, 0.6) is 5.75 Å². The first kappa shape index (κ1) is 21.7. The molecule has 0 aliphatic heterocycles. The molecule has 0 saturated heterocycles. The Balaban J connectivity index is 0.00000312. The van der Waals surface area contributed by atoms with Crippen molar-refractivity contribution in [2.75, 3.05) is 14.2 Å². The smallest absolute Gasteiger partial charge is 0.191 e. The summed E-state index contributed by atoms with van der Waals surface area (Å²) in [5.74, 6) is 1.61. The van der Waals surface area contributed by atoms with Crippen molar-refractivity contribution in [2.24, 2.45) is 4.99 Å². The molecule has 0 aliphatic carbocycles. The second-order valence-electron chi connectivity index (χ2n) is 6.52. The van der Waals surface area contributed by atoms with E-state index in [0.29, 0.717) is 13.1 Å². The molecule has 0 spiro atoms. The molecule has 0 aliphatic rings. The number of hydrogen-bond donors (Lipinski definition) is 2. The van der Waals surface area contributed by atoms with Gasteiger partial charge in [0, 0.05) is 24.4 Å². The van der Waals surface area contributed by atoms with Crippen LogP contribution in [0.3, 0.4) is 0 Å². The predicted octanol–water partition coefficient (Wildman–Crippen LogP) is 3.93. The molecule has 0 atom stereocenters. The number of nitrogens with one attached hydrogen (secondary N) is 2. The average Bonchev–Trinajstić information content (AvgIpc) is 3.04. The minimum absolute atomic E-state index is 0. The highest BCUT2D eigenvalue weighted by atomic mass is 127. The Morgan fingerprint density at radius 2 is 1.96 bits per heavy atom. The van der Waals surface area contributed by atoms with E-state index in [1.807, 2.05) is 18.2 Å². The van der Waals surface area contributed by atoms with E-state index in [4.69, 9.17) is 4.74 Å². The van der Waals surface area contributed by atoms with E-state index in [2.05, 4.69) is 52.8 Å². The molecule has 1 heterocycles. The van der Waals surface area contributed by atoms with Crippen LogP contribution in [0.2, 0.25) is 0 Å². The number of thiazole rings is 1. The van der Waals surface area contributed by atoms with Gasteiger partial charge in [0.05, 0.1) is 24.4 Å². The van der Waals surface area contributed by atoms with E-state index in [1.165, 1.54) is 0 Å². The number of aromatic nitrogens is 1. The Morgan fingerprint density at radius 3 is 2.56 bits per heavy atom. The lowest BCUT2D eigenvalue weighted by Gasteiger charge is -2.14. The van der Waals surface area contributed by atoms with Gasteiger partial charge in [-0.3, -0.25) is 4.99 Å². The maximum atomic E-state index is 5.24. The summed E-state index contributed by atoms with van der Waals surface area (Å²) < 4.78 is 5.24. The van der Waals surface area contributed by atoms with Crippen molar-refractivity contribution >= 4 is 41.3 Å². The third kappa shape index (κ3) is 6.81. The van der Waals surface area contributed by atoms with Crippen LogP contribution >= 0.6 is 35.3 Å². The van der Waals surface area contributed by atoms with Crippen LogP contribution in [0, 0.1) is 0 Å². The zero-order valence-corrected chi connectivity index (χ0v) is 18.6. The van der Waals surface area contributed by atoms with Gasteiger partial charge in [0.1, 0.15) is 5.75 Å². The number of benzene rings is 1. The van der Waals surface area contributed by atoms with Crippen molar-refractivity contribution in [2.45, 2.75) is 39.3 Å². The van der Waals surface area contributed by atoms with Crippen LogP contribution < -0.4 is 15.4 Å². The normalized spacial score (nSPS) is 11.6. The van der Waals surface area contributed by atoms with Crippen LogP contribution in [0.4, 0.5) is 0 Å². The number of rotatable bonds is 5. The van der Waals surface area contributed by atoms with Gasteiger partial charge in [-0.1, -0.05) is 32.9 Å². The van der Waals surface area contributed by atoms with E-state index in [1.54, 1.807) is 25.5 Å². The molecule has 0 bridgehead atoms. The molecular weight excluding hydrogens is 447 g/mol. The molecule has 0 saturated carbocycles. The molecule has 138 valence electrons. The number of nitrogens with zero attached hydrogens (tertiary/aromatic N) is 2. The second-order valence-corrected chi connectivity index (χ2v) is 7.38. The SMILES string of the molecule is CN=C(NCc1cccc(OC)c1)NCc1csc(C(C)(C)C)n1.I. The molecule has 2 N–H and O–H groups in total. The number of hydrogen-bond acceptors (Lipinski definition) is 4. The van der Waals surface area contributed by atoms with Gasteiger partial charge in [-0.2, -0.15) is 0 Å². The van der Waals surface area contributed by atoms with Gasteiger partial charge in [0.15, 0.2) is 5.96 Å². The molecular formula is C18H27IN4OS. The largest absolute Gasteiger partial charge is 0.497 e. The fraction of sp³-hybridized carbons (Fsp3) is 0.444. The minimum atomic E-state index is 0. The monoisotopic (exact) mass is 474 g/mol. The lowest BCUT2D eigenvalue weighted by Crippen LogP contribution is -2.36. The number of halogens is 1. The number of methoxy groups -OCH3 is 1. The van der Waals surface area contributed by atoms with Crippen molar-refractivity contribution < 1.29 is 4.74 Å². The molecule has 0 amide bonds. The molecule has 0 unspecified atom stereocenters. The fourth-order valence-electron chi connectivity index (χ4n) is 2.10. The summed E-state index contributed by atoms with van der Waals surface area (Å²) in [5.41, 5.74) is 2.27.